The molecule has 0 saturated carbocycles. The summed E-state index contributed by atoms with van der Waals surface area (Å²) in [5.74, 6) is 0. The molecule has 1 aromatic heterocycles. The third-order valence-electron chi connectivity index (χ3n) is 3.54. The predicted octanol–water partition coefficient (Wildman–Crippen LogP) is 1.58. The van der Waals surface area contributed by atoms with Crippen LogP contribution in [0.15, 0.2) is 24.5 Å². The maximum Gasteiger partial charge on any atom is 0.0700 e. The van der Waals surface area contributed by atoms with E-state index in [0.29, 0.717) is 6.10 Å². The summed E-state index contributed by atoms with van der Waals surface area (Å²) in [5, 5.41) is 0. The van der Waals surface area contributed by atoms with Crippen molar-refractivity contribution in [3.63, 3.8) is 0 Å². The van der Waals surface area contributed by atoms with Gasteiger partial charge in [-0.15, -0.1) is 0 Å². The topological polar surface area (TPSA) is 51.4 Å². The van der Waals surface area contributed by atoms with E-state index in [0.717, 1.165) is 26.1 Å². The van der Waals surface area contributed by atoms with Gasteiger partial charge in [0.1, 0.15) is 0 Å². The Morgan fingerprint density at radius 2 is 2.44 bits per heavy atom. The van der Waals surface area contributed by atoms with Crippen molar-refractivity contribution in [1.29, 1.82) is 0 Å². The molecule has 0 aromatic carbocycles. The molecular weight excluding hydrogens is 226 g/mol. The molecular formula is C14H23N3O. The van der Waals surface area contributed by atoms with E-state index in [1.807, 2.05) is 12.3 Å². The zero-order chi connectivity index (χ0) is 13.0. The Labute approximate surface area is 109 Å². The Morgan fingerprint density at radius 1 is 1.61 bits per heavy atom. The van der Waals surface area contributed by atoms with Gasteiger partial charge in [-0.3, -0.25) is 9.88 Å². The van der Waals surface area contributed by atoms with Crippen LogP contribution in [-0.4, -0.2) is 41.7 Å². The van der Waals surface area contributed by atoms with Crippen LogP contribution in [-0.2, 0) is 4.74 Å². The van der Waals surface area contributed by atoms with Gasteiger partial charge in [0.15, 0.2) is 0 Å². The average Bonchev–Trinajstić information content (AvgIpc) is 2.40. The number of hydrogen-bond acceptors (Lipinski definition) is 4. The second-order valence-electron chi connectivity index (χ2n) is 4.99. The molecule has 0 amide bonds. The van der Waals surface area contributed by atoms with Gasteiger partial charge in [-0.2, -0.15) is 0 Å². The zero-order valence-electron chi connectivity index (χ0n) is 11.2. The monoisotopic (exact) mass is 249 g/mol. The second-order valence-corrected chi connectivity index (χ2v) is 4.99. The smallest absolute Gasteiger partial charge is 0.0700 e. The van der Waals surface area contributed by atoms with Crippen LogP contribution in [0.3, 0.4) is 0 Å². The Bertz CT molecular complexity index is 355. The minimum absolute atomic E-state index is 0.0878. The van der Waals surface area contributed by atoms with E-state index < -0.39 is 0 Å². The number of morpholine rings is 1. The quantitative estimate of drug-likeness (QED) is 0.880. The fraction of sp³-hybridized carbons (Fsp3) is 0.643. The normalized spacial score (nSPS) is 24.7. The molecule has 0 aliphatic carbocycles. The maximum absolute atomic E-state index is 6.18. The van der Waals surface area contributed by atoms with Crippen molar-refractivity contribution in [3.8, 4) is 0 Å². The Morgan fingerprint density at radius 3 is 3.06 bits per heavy atom. The van der Waals surface area contributed by atoms with Gasteiger partial charge in [-0.1, -0.05) is 13.0 Å². The number of pyridine rings is 1. The van der Waals surface area contributed by atoms with E-state index in [1.165, 1.54) is 5.56 Å². The van der Waals surface area contributed by atoms with Crippen LogP contribution >= 0.6 is 0 Å². The van der Waals surface area contributed by atoms with Gasteiger partial charge in [0.05, 0.1) is 18.8 Å². The molecule has 4 heteroatoms. The highest BCUT2D eigenvalue weighted by molar-refractivity contribution is 5.16. The van der Waals surface area contributed by atoms with Gasteiger partial charge in [0.2, 0.25) is 0 Å². The first-order valence-corrected chi connectivity index (χ1v) is 6.73. The van der Waals surface area contributed by atoms with Crippen LogP contribution < -0.4 is 5.73 Å². The van der Waals surface area contributed by atoms with E-state index >= 15 is 0 Å². The summed E-state index contributed by atoms with van der Waals surface area (Å²) < 4.78 is 5.73. The summed E-state index contributed by atoms with van der Waals surface area (Å²) in [7, 11) is 0. The van der Waals surface area contributed by atoms with Gasteiger partial charge >= 0.3 is 0 Å². The first-order chi connectivity index (χ1) is 8.72. The van der Waals surface area contributed by atoms with Crippen molar-refractivity contribution >= 4 is 0 Å². The SMILES string of the molecule is CCC1CN(C(c2cccnc2)C(C)N)CCO1. The lowest BCUT2D eigenvalue weighted by molar-refractivity contribution is -0.0477. The van der Waals surface area contributed by atoms with E-state index in [9.17, 15) is 0 Å². The fourth-order valence-electron chi connectivity index (χ4n) is 2.64. The van der Waals surface area contributed by atoms with E-state index in [1.54, 1.807) is 6.20 Å². The van der Waals surface area contributed by atoms with Crippen LogP contribution in [0.1, 0.15) is 31.9 Å². The Hall–Kier alpha value is -0.970. The number of ether oxygens (including phenoxy) is 1. The average molecular weight is 249 g/mol. The zero-order valence-corrected chi connectivity index (χ0v) is 11.2. The Kier molecular flexibility index (Phi) is 4.69. The fourth-order valence-corrected chi connectivity index (χ4v) is 2.64. The van der Waals surface area contributed by atoms with Crippen molar-refractivity contribution in [2.75, 3.05) is 19.7 Å². The number of hydrogen-bond donors (Lipinski definition) is 1. The standard InChI is InChI=1S/C14H23N3O/c1-3-13-10-17(7-8-18-13)14(11(2)15)12-5-4-6-16-9-12/h4-6,9,11,13-14H,3,7-8,10,15H2,1-2H3. The molecule has 0 bridgehead atoms. The van der Waals surface area contributed by atoms with Gasteiger partial charge in [0, 0.05) is 31.5 Å². The molecule has 1 saturated heterocycles. The predicted molar refractivity (Wildman–Crippen MR) is 72.2 cm³/mol. The highest BCUT2D eigenvalue weighted by Crippen LogP contribution is 2.25. The first kappa shape index (κ1) is 13.5. The van der Waals surface area contributed by atoms with Crippen molar-refractivity contribution < 1.29 is 4.74 Å². The van der Waals surface area contributed by atoms with E-state index in [4.69, 9.17) is 10.5 Å². The van der Waals surface area contributed by atoms with Crippen molar-refractivity contribution in [3.05, 3.63) is 30.1 Å². The van der Waals surface area contributed by atoms with E-state index in [-0.39, 0.29) is 12.1 Å². The van der Waals surface area contributed by atoms with Crippen molar-refractivity contribution in [2.24, 2.45) is 5.73 Å². The summed E-state index contributed by atoms with van der Waals surface area (Å²) in [6.07, 6.45) is 5.10. The number of aromatic nitrogens is 1. The summed E-state index contributed by atoms with van der Waals surface area (Å²) in [6.45, 7) is 6.92. The van der Waals surface area contributed by atoms with Crippen LogP contribution in [0.5, 0.6) is 0 Å². The molecule has 1 aromatic rings. The minimum atomic E-state index is 0.0878. The van der Waals surface area contributed by atoms with Crippen LogP contribution in [0.4, 0.5) is 0 Å². The lowest BCUT2D eigenvalue weighted by Gasteiger charge is -2.39. The Balaban J connectivity index is 2.15. The maximum atomic E-state index is 6.18. The van der Waals surface area contributed by atoms with E-state index in [2.05, 4.69) is 29.8 Å². The molecule has 0 radical (unpaired) electrons. The third kappa shape index (κ3) is 3.07. The summed E-state index contributed by atoms with van der Waals surface area (Å²) in [5.41, 5.74) is 7.37. The van der Waals surface area contributed by atoms with Gasteiger partial charge in [-0.05, 0) is 25.0 Å². The molecule has 2 heterocycles. The number of nitrogens with two attached hydrogens (primary N) is 1. The van der Waals surface area contributed by atoms with Crippen molar-refractivity contribution in [2.45, 2.75) is 38.5 Å². The molecule has 0 spiro atoms. The van der Waals surface area contributed by atoms with Crippen LogP contribution in [0.2, 0.25) is 0 Å². The lowest BCUT2D eigenvalue weighted by atomic mass is 9.99. The number of rotatable bonds is 4. The molecule has 18 heavy (non-hydrogen) atoms. The van der Waals surface area contributed by atoms with Gasteiger partial charge in [-0.25, -0.2) is 0 Å². The first-order valence-electron chi connectivity index (χ1n) is 6.73. The number of nitrogens with zero attached hydrogens (tertiary/aromatic N) is 2. The van der Waals surface area contributed by atoms with Crippen LogP contribution in [0, 0.1) is 0 Å². The highest BCUT2D eigenvalue weighted by atomic mass is 16.5. The lowest BCUT2D eigenvalue weighted by Crippen LogP contribution is -2.48. The largest absolute Gasteiger partial charge is 0.376 e. The molecule has 1 aliphatic heterocycles. The molecule has 2 rings (SSSR count). The molecule has 3 atom stereocenters. The molecule has 3 unspecified atom stereocenters. The molecule has 1 fully saturated rings. The summed E-state index contributed by atoms with van der Waals surface area (Å²) >= 11 is 0. The third-order valence-corrected chi connectivity index (χ3v) is 3.54. The van der Waals surface area contributed by atoms with Crippen molar-refractivity contribution in [1.82, 2.24) is 9.88 Å². The summed E-state index contributed by atoms with van der Waals surface area (Å²) in [4.78, 5) is 6.64. The second kappa shape index (κ2) is 6.27. The molecule has 1 aliphatic rings. The minimum Gasteiger partial charge on any atom is -0.376 e. The van der Waals surface area contributed by atoms with Gasteiger partial charge in [0.25, 0.3) is 0 Å². The molecule has 2 N–H and O–H groups in total. The van der Waals surface area contributed by atoms with Crippen LogP contribution in [0.25, 0.3) is 0 Å². The summed E-state index contributed by atoms with van der Waals surface area (Å²) in [6, 6.07) is 4.40. The molecule has 4 nitrogen and oxygen atoms in total. The highest BCUT2D eigenvalue weighted by Gasteiger charge is 2.29. The van der Waals surface area contributed by atoms with Gasteiger partial charge < -0.3 is 10.5 Å². The molecule has 100 valence electrons.